The zero-order valence-electron chi connectivity index (χ0n) is 16.7. The maximum Gasteiger partial charge on any atom is 0.329 e. The Morgan fingerprint density at radius 3 is 2.50 bits per heavy atom. The molecule has 30 heavy (non-hydrogen) atoms. The molecule has 3 rings (SSSR count). The van der Waals surface area contributed by atoms with E-state index in [2.05, 4.69) is 15.8 Å². The zero-order valence-corrected chi connectivity index (χ0v) is 16.7. The van der Waals surface area contributed by atoms with Crippen molar-refractivity contribution < 1.29 is 23.5 Å². The molecule has 9 nitrogen and oxygen atoms in total. The van der Waals surface area contributed by atoms with E-state index in [1.54, 1.807) is 48.2 Å². The molecular weight excluding hydrogens is 388 g/mol. The fourth-order valence-corrected chi connectivity index (χ4v) is 2.91. The molecule has 0 bridgehead atoms. The summed E-state index contributed by atoms with van der Waals surface area (Å²) in [7, 11) is 0. The first kappa shape index (κ1) is 21.1. The number of amides is 3. The number of hydrazone groups is 1. The number of rotatable bonds is 7. The van der Waals surface area contributed by atoms with Gasteiger partial charge in [-0.1, -0.05) is 0 Å². The smallest absolute Gasteiger partial charge is 0.329 e. The van der Waals surface area contributed by atoms with Crippen LogP contribution in [0.15, 0.2) is 52.2 Å². The second-order valence-electron chi connectivity index (χ2n) is 6.80. The molecule has 0 radical (unpaired) electrons. The van der Waals surface area contributed by atoms with Crippen LogP contribution in [-0.4, -0.2) is 48.0 Å². The molecule has 2 heterocycles. The summed E-state index contributed by atoms with van der Waals surface area (Å²) in [5.41, 5.74) is 3.48. The molecular formula is C21H24N4O5. The fourth-order valence-electron chi connectivity index (χ4n) is 2.91. The quantitative estimate of drug-likeness (QED) is 0.406. The van der Waals surface area contributed by atoms with E-state index < -0.39 is 11.8 Å². The van der Waals surface area contributed by atoms with E-state index in [0.717, 1.165) is 31.5 Å². The number of carbonyl (C=O) groups excluding carboxylic acids is 3. The van der Waals surface area contributed by atoms with Gasteiger partial charge >= 0.3 is 11.8 Å². The van der Waals surface area contributed by atoms with Crippen LogP contribution < -0.4 is 15.5 Å². The van der Waals surface area contributed by atoms with Crippen LogP contribution in [0, 0.1) is 0 Å². The van der Waals surface area contributed by atoms with Crippen molar-refractivity contribution in [2.75, 3.05) is 19.7 Å². The van der Waals surface area contributed by atoms with Crippen LogP contribution in [0.5, 0.6) is 5.75 Å². The molecule has 0 atom stereocenters. The van der Waals surface area contributed by atoms with Gasteiger partial charge in [-0.2, -0.15) is 5.10 Å². The van der Waals surface area contributed by atoms with Gasteiger partial charge in [0.1, 0.15) is 11.5 Å². The third kappa shape index (κ3) is 5.94. The molecule has 1 aliphatic rings. The lowest BCUT2D eigenvalue weighted by molar-refractivity contribution is -0.139. The number of benzene rings is 1. The SMILES string of the molecule is C/C(=N\NC(=O)C(=O)NCc1ccco1)c1ccc(OCC(=O)N2CCCC2)cc1. The molecule has 3 amide bonds. The van der Waals surface area contributed by atoms with Crippen molar-refractivity contribution >= 4 is 23.4 Å². The lowest BCUT2D eigenvalue weighted by atomic mass is 10.1. The number of carbonyl (C=O) groups is 3. The van der Waals surface area contributed by atoms with Crippen molar-refractivity contribution in [3.63, 3.8) is 0 Å². The van der Waals surface area contributed by atoms with E-state index in [4.69, 9.17) is 9.15 Å². The molecule has 9 heteroatoms. The van der Waals surface area contributed by atoms with Gasteiger partial charge in [0.15, 0.2) is 6.61 Å². The summed E-state index contributed by atoms with van der Waals surface area (Å²) in [6.07, 6.45) is 3.57. The first-order valence-electron chi connectivity index (χ1n) is 9.69. The topological polar surface area (TPSA) is 113 Å². The van der Waals surface area contributed by atoms with Gasteiger partial charge in [-0.15, -0.1) is 0 Å². The minimum atomic E-state index is -0.874. The van der Waals surface area contributed by atoms with E-state index in [-0.39, 0.29) is 19.1 Å². The maximum absolute atomic E-state index is 12.0. The van der Waals surface area contributed by atoms with Crippen LogP contribution in [0.2, 0.25) is 0 Å². The molecule has 0 aliphatic carbocycles. The molecule has 0 saturated carbocycles. The van der Waals surface area contributed by atoms with Crippen molar-refractivity contribution in [3.8, 4) is 5.75 Å². The standard InChI is InChI=1S/C21H24N4O5/c1-15(23-24-21(28)20(27)22-13-18-5-4-12-29-18)16-6-8-17(9-7-16)30-14-19(26)25-10-2-3-11-25/h4-9,12H,2-3,10-11,13-14H2,1H3,(H,22,27)(H,24,28)/b23-15+. The van der Waals surface area contributed by atoms with Crippen molar-refractivity contribution in [2.45, 2.75) is 26.3 Å². The Morgan fingerprint density at radius 2 is 1.83 bits per heavy atom. The van der Waals surface area contributed by atoms with Crippen LogP contribution >= 0.6 is 0 Å². The minimum absolute atomic E-state index is 0.00952. The van der Waals surface area contributed by atoms with E-state index in [1.807, 2.05) is 0 Å². The lowest BCUT2D eigenvalue weighted by Crippen LogP contribution is -2.37. The van der Waals surface area contributed by atoms with E-state index in [1.165, 1.54) is 6.26 Å². The van der Waals surface area contributed by atoms with Crippen LogP contribution in [0.1, 0.15) is 31.1 Å². The molecule has 0 spiro atoms. The van der Waals surface area contributed by atoms with Crippen molar-refractivity contribution in [3.05, 3.63) is 54.0 Å². The first-order chi connectivity index (χ1) is 14.5. The third-order valence-corrected chi connectivity index (χ3v) is 4.63. The van der Waals surface area contributed by atoms with Gasteiger partial charge in [-0.3, -0.25) is 14.4 Å². The highest BCUT2D eigenvalue weighted by Crippen LogP contribution is 2.14. The average molecular weight is 412 g/mol. The van der Waals surface area contributed by atoms with Gasteiger partial charge in [-0.25, -0.2) is 5.43 Å². The van der Waals surface area contributed by atoms with Crippen molar-refractivity contribution in [1.29, 1.82) is 0 Å². The van der Waals surface area contributed by atoms with E-state index in [0.29, 0.717) is 17.2 Å². The van der Waals surface area contributed by atoms with Crippen LogP contribution in [0.3, 0.4) is 0 Å². The number of likely N-dealkylation sites (tertiary alicyclic amines) is 1. The second kappa shape index (κ2) is 10.2. The Kier molecular flexibility index (Phi) is 7.20. The Balaban J connectivity index is 1.45. The number of hydrogen-bond acceptors (Lipinski definition) is 6. The molecule has 1 aromatic carbocycles. The van der Waals surface area contributed by atoms with E-state index >= 15 is 0 Å². The van der Waals surface area contributed by atoms with Crippen molar-refractivity contribution in [2.24, 2.45) is 5.10 Å². The third-order valence-electron chi connectivity index (χ3n) is 4.63. The summed E-state index contributed by atoms with van der Waals surface area (Å²) < 4.78 is 10.6. The van der Waals surface area contributed by atoms with Gasteiger partial charge in [0.2, 0.25) is 0 Å². The summed E-state index contributed by atoms with van der Waals surface area (Å²) in [5.74, 6) is -0.585. The minimum Gasteiger partial charge on any atom is -0.484 e. The Bertz CT molecular complexity index is 900. The Labute approximate surface area is 174 Å². The number of nitrogens with one attached hydrogen (secondary N) is 2. The molecule has 1 aliphatic heterocycles. The summed E-state index contributed by atoms with van der Waals surface area (Å²) in [4.78, 5) is 37.4. The van der Waals surface area contributed by atoms with Gasteiger partial charge in [0.25, 0.3) is 5.91 Å². The zero-order chi connectivity index (χ0) is 21.3. The van der Waals surface area contributed by atoms with E-state index in [9.17, 15) is 14.4 Å². The second-order valence-corrected chi connectivity index (χ2v) is 6.80. The highest BCUT2D eigenvalue weighted by Gasteiger charge is 2.18. The normalized spacial score (nSPS) is 13.8. The van der Waals surface area contributed by atoms with Gasteiger partial charge in [0.05, 0.1) is 18.5 Å². The van der Waals surface area contributed by atoms with Gasteiger partial charge < -0.3 is 19.4 Å². The average Bonchev–Trinajstić information content (AvgIpc) is 3.48. The van der Waals surface area contributed by atoms with Crippen LogP contribution in [0.25, 0.3) is 0 Å². The fraction of sp³-hybridized carbons (Fsp3) is 0.333. The Morgan fingerprint density at radius 1 is 1.10 bits per heavy atom. The Hall–Kier alpha value is -3.62. The largest absolute Gasteiger partial charge is 0.484 e. The highest BCUT2D eigenvalue weighted by atomic mass is 16.5. The van der Waals surface area contributed by atoms with Crippen LogP contribution in [-0.2, 0) is 20.9 Å². The molecule has 2 aromatic rings. The predicted octanol–water partition coefficient (Wildman–Crippen LogP) is 1.44. The van der Waals surface area contributed by atoms with Crippen molar-refractivity contribution in [1.82, 2.24) is 15.6 Å². The molecule has 1 fully saturated rings. The molecule has 0 unspecified atom stereocenters. The lowest BCUT2D eigenvalue weighted by Gasteiger charge is -2.15. The number of furan rings is 1. The van der Waals surface area contributed by atoms with Gasteiger partial charge in [0, 0.05) is 13.1 Å². The van der Waals surface area contributed by atoms with Gasteiger partial charge in [-0.05, 0) is 61.7 Å². The summed E-state index contributed by atoms with van der Waals surface area (Å²) in [6, 6.07) is 10.4. The number of nitrogens with zero attached hydrogens (tertiary/aromatic N) is 2. The number of ether oxygens (including phenoxy) is 1. The molecule has 1 aromatic heterocycles. The predicted molar refractivity (Wildman–Crippen MR) is 109 cm³/mol. The number of hydrogen-bond donors (Lipinski definition) is 2. The molecule has 2 N–H and O–H groups in total. The molecule has 158 valence electrons. The highest BCUT2D eigenvalue weighted by molar-refractivity contribution is 6.35. The summed E-state index contributed by atoms with van der Waals surface area (Å²) in [5, 5.41) is 6.39. The molecule has 1 saturated heterocycles. The summed E-state index contributed by atoms with van der Waals surface area (Å²) >= 11 is 0. The first-order valence-corrected chi connectivity index (χ1v) is 9.69. The summed E-state index contributed by atoms with van der Waals surface area (Å²) in [6.45, 7) is 3.42. The van der Waals surface area contributed by atoms with Crippen LogP contribution in [0.4, 0.5) is 0 Å². The monoisotopic (exact) mass is 412 g/mol. The maximum atomic E-state index is 12.0.